The molecule has 2 rings (SSSR count). The summed E-state index contributed by atoms with van der Waals surface area (Å²) in [6.07, 6.45) is 2.90. The van der Waals surface area contributed by atoms with Crippen molar-refractivity contribution >= 4 is 5.91 Å². The summed E-state index contributed by atoms with van der Waals surface area (Å²) in [6, 6.07) is 2.09. The van der Waals surface area contributed by atoms with E-state index in [4.69, 9.17) is 0 Å². The largest absolute Gasteiger partial charge is 0.364 e. The Morgan fingerprint density at radius 1 is 1.85 bits per heavy atom. The van der Waals surface area contributed by atoms with Crippen LogP contribution in [0.1, 0.15) is 19.0 Å². The molecular weight excluding hydrogens is 168 g/mol. The molecule has 0 saturated heterocycles. The normalized spacial score (nSPS) is 25.6. The van der Waals surface area contributed by atoms with Crippen molar-refractivity contribution < 1.29 is 9.32 Å². The predicted octanol–water partition coefficient (Wildman–Crippen LogP) is 0.742. The summed E-state index contributed by atoms with van der Waals surface area (Å²) in [5.41, 5.74) is 0.686. The van der Waals surface area contributed by atoms with Crippen LogP contribution < -0.4 is 5.32 Å². The zero-order valence-electron chi connectivity index (χ0n) is 7.49. The van der Waals surface area contributed by atoms with Crippen molar-refractivity contribution in [3.8, 4) is 0 Å². The Bertz CT molecular complexity index is 295. The minimum atomic E-state index is 0.0308. The third-order valence-corrected chi connectivity index (χ3v) is 2.29. The highest BCUT2D eigenvalue weighted by Gasteiger charge is 2.33. The topological polar surface area (TPSA) is 55.1 Å². The van der Waals surface area contributed by atoms with Crippen molar-refractivity contribution in [1.82, 2.24) is 10.5 Å². The van der Waals surface area contributed by atoms with Crippen molar-refractivity contribution in [1.29, 1.82) is 0 Å². The molecule has 1 aliphatic rings. The molecule has 4 heteroatoms. The van der Waals surface area contributed by atoms with Gasteiger partial charge in [-0.3, -0.25) is 4.79 Å². The van der Waals surface area contributed by atoms with E-state index in [0.29, 0.717) is 24.1 Å². The van der Waals surface area contributed by atoms with Gasteiger partial charge in [0.2, 0.25) is 5.91 Å². The van der Waals surface area contributed by atoms with Gasteiger partial charge in [0.25, 0.3) is 0 Å². The summed E-state index contributed by atoms with van der Waals surface area (Å²) < 4.78 is 4.63. The molecule has 2 atom stereocenters. The van der Waals surface area contributed by atoms with E-state index >= 15 is 0 Å². The number of nitrogens with one attached hydrogen (secondary N) is 1. The maximum atomic E-state index is 11.3. The Kier molecular flexibility index (Phi) is 2.04. The molecular formula is C9H12N2O2. The molecule has 1 aromatic rings. The van der Waals surface area contributed by atoms with Gasteiger partial charge in [0.05, 0.1) is 12.1 Å². The van der Waals surface area contributed by atoms with Crippen LogP contribution in [0.15, 0.2) is 16.9 Å². The molecule has 0 radical (unpaired) electrons. The van der Waals surface area contributed by atoms with Crippen molar-refractivity contribution in [2.45, 2.75) is 25.8 Å². The average Bonchev–Trinajstić information content (AvgIpc) is 2.61. The number of amides is 1. The fourth-order valence-corrected chi connectivity index (χ4v) is 1.27. The Morgan fingerprint density at radius 2 is 2.62 bits per heavy atom. The molecule has 0 spiro atoms. The van der Waals surface area contributed by atoms with Crippen molar-refractivity contribution in [2.24, 2.45) is 5.92 Å². The van der Waals surface area contributed by atoms with E-state index in [0.717, 1.165) is 6.42 Å². The molecule has 1 N–H and O–H groups in total. The lowest BCUT2D eigenvalue weighted by Gasteiger charge is -2.00. The number of nitrogens with zero attached hydrogens (tertiary/aromatic N) is 1. The van der Waals surface area contributed by atoms with Crippen LogP contribution in [0.5, 0.6) is 0 Å². The maximum Gasteiger partial charge on any atom is 0.226 e. The van der Waals surface area contributed by atoms with Crippen LogP contribution in [0.2, 0.25) is 0 Å². The second-order valence-electron chi connectivity index (χ2n) is 3.55. The third-order valence-electron chi connectivity index (χ3n) is 2.29. The van der Waals surface area contributed by atoms with Gasteiger partial charge in [-0.25, -0.2) is 0 Å². The molecule has 1 aromatic heterocycles. The summed E-state index contributed by atoms with van der Waals surface area (Å²) in [6.45, 7) is 2.13. The third kappa shape index (κ3) is 2.08. The van der Waals surface area contributed by atoms with E-state index in [9.17, 15) is 4.79 Å². The lowest BCUT2D eigenvalue weighted by Crippen LogP contribution is -2.28. The van der Waals surface area contributed by atoms with Crippen LogP contribution in [0, 0.1) is 5.92 Å². The van der Waals surface area contributed by atoms with E-state index in [1.165, 1.54) is 6.26 Å². The van der Waals surface area contributed by atoms with E-state index in [2.05, 4.69) is 21.9 Å². The molecule has 0 bridgehead atoms. The minimum absolute atomic E-state index is 0.0308. The number of hydrogen-bond donors (Lipinski definition) is 1. The van der Waals surface area contributed by atoms with Crippen molar-refractivity contribution in [2.75, 3.05) is 0 Å². The first kappa shape index (κ1) is 8.29. The van der Waals surface area contributed by atoms with Gasteiger partial charge in [0.15, 0.2) is 0 Å². The molecule has 0 aliphatic heterocycles. The molecule has 70 valence electrons. The van der Waals surface area contributed by atoms with Gasteiger partial charge in [0.1, 0.15) is 6.26 Å². The Balaban J connectivity index is 1.79. The number of hydrogen-bond acceptors (Lipinski definition) is 3. The van der Waals surface area contributed by atoms with Gasteiger partial charge >= 0.3 is 0 Å². The Hall–Kier alpha value is -1.32. The summed E-state index contributed by atoms with van der Waals surface area (Å²) in [4.78, 5) is 11.3. The average molecular weight is 180 g/mol. The SMILES string of the molecule is C[C@@H]1C[C@H]1NC(=O)Cc1ccon1. The maximum absolute atomic E-state index is 11.3. The van der Waals surface area contributed by atoms with Crippen LogP contribution in [-0.4, -0.2) is 17.1 Å². The fourth-order valence-electron chi connectivity index (χ4n) is 1.27. The number of rotatable bonds is 3. The highest BCUT2D eigenvalue weighted by Crippen LogP contribution is 2.28. The van der Waals surface area contributed by atoms with Gasteiger partial charge in [-0.2, -0.15) is 0 Å². The Labute approximate surface area is 76.3 Å². The first-order valence-electron chi connectivity index (χ1n) is 4.44. The van der Waals surface area contributed by atoms with Gasteiger partial charge in [-0.05, 0) is 12.3 Å². The van der Waals surface area contributed by atoms with Crippen LogP contribution in [0.4, 0.5) is 0 Å². The monoisotopic (exact) mass is 180 g/mol. The summed E-state index contributed by atoms with van der Waals surface area (Å²) in [7, 11) is 0. The fraction of sp³-hybridized carbons (Fsp3) is 0.556. The number of carbonyl (C=O) groups excluding carboxylic acids is 1. The summed E-state index contributed by atoms with van der Waals surface area (Å²) in [5, 5.41) is 6.59. The molecule has 0 aromatic carbocycles. The number of aromatic nitrogens is 1. The molecule has 1 fully saturated rings. The van der Waals surface area contributed by atoms with E-state index in [-0.39, 0.29) is 5.91 Å². The highest BCUT2D eigenvalue weighted by molar-refractivity contribution is 5.78. The minimum Gasteiger partial charge on any atom is -0.364 e. The van der Waals surface area contributed by atoms with E-state index < -0.39 is 0 Å². The molecule has 1 amide bonds. The van der Waals surface area contributed by atoms with E-state index in [1.54, 1.807) is 6.07 Å². The van der Waals surface area contributed by atoms with Gasteiger partial charge in [-0.15, -0.1) is 0 Å². The molecule has 13 heavy (non-hydrogen) atoms. The second-order valence-corrected chi connectivity index (χ2v) is 3.55. The smallest absolute Gasteiger partial charge is 0.226 e. The first-order chi connectivity index (χ1) is 6.25. The zero-order valence-corrected chi connectivity index (χ0v) is 7.49. The van der Waals surface area contributed by atoms with Crippen molar-refractivity contribution in [3.63, 3.8) is 0 Å². The van der Waals surface area contributed by atoms with Gasteiger partial charge < -0.3 is 9.84 Å². The van der Waals surface area contributed by atoms with Crippen LogP contribution in [0.3, 0.4) is 0 Å². The highest BCUT2D eigenvalue weighted by atomic mass is 16.5. The zero-order chi connectivity index (χ0) is 9.26. The number of carbonyl (C=O) groups is 1. The van der Waals surface area contributed by atoms with Crippen LogP contribution in [0.25, 0.3) is 0 Å². The van der Waals surface area contributed by atoms with Crippen LogP contribution in [-0.2, 0) is 11.2 Å². The summed E-state index contributed by atoms with van der Waals surface area (Å²) in [5.74, 6) is 0.671. The summed E-state index contributed by atoms with van der Waals surface area (Å²) >= 11 is 0. The van der Waals surface area contributed by atoms with Gasteiger partial charge in [0, 0.05) is 12.1 Å². The quantitative estimate of drug-likeness (QED) is 0.746. The molecule has 1 saturated carbocycles. The lowest BCUT2D eigenvalue weighted by molar-refractivity contribution is -0.120. The Morgan fingerprint density at radius 3 is 3.15 bits per heavy atom. The second kappa shape index (κ2) is 3.20. The molecule has 0 unspecified atom stereocenters. The predicted molar refractivity (Wildman–Crippen MR) is 45.9 cm³/mol. The molecule has 1 aliphatic carbocycles. The lowest BCUT2D eigenvalue weighted by atomic mass is 10.3. The first-order valence-corrected chi connectivity index (χ1v) is 4.44. The van der Waals surface area contributed by atoms with Gasteiger partial charge in [-0.1, -0.05) is 12.1 Å². The molecule has 4 nitrogen and oxygen atoms in total. The van der Waals surface area contributed by atoms with E-state index in [1.807, 2.05) is 0 Å². The van der Waals surface area contributed by atoms with Crippen LogP contribution >= 0.6 is 0 Å². The van der Waals surface area contributed by atoms with Crippen molar-refractivity contribution in [3.05, 3.63) is 18.0 Å². The molecule has 1 heterocycles. The standard InChI is InChI=1S/C9H12N2O2/c1-6-4-8(6)10-9(12)5-7-2-3-13-11-7/h2-3,6,8H,4-5H2,1H3,(H,10,12)/t6-,8-/m1/s1.